The summed E-state index contributed by atoms with van der Waals surface area (Å²) in [6.45, 7) is 4.62. The average molecular weight is 535 g/mol. The number of oxazole rings is 1. The third-order valence-electron chi connectivity index (χ3n) is 8.22. The van der Waals surface area contributed by atoms with Crippen LogP contribution in [0.25, 0.3) is 56.0 Å². The second kappa shape index (κ2) is 8.89. The molecule has 0 radical (unpaired) electrons. The van der Waals surface area contributed by atoms with E-state index >= 15 is 0 Å². The van der Waals surface area contributed by atoms with E-state index in [-0.39, 0.29) is 11.6 Å². The van der Waals surface area contributed by atoms with Crippen LogP contribution in [0.2, 0.25) is 0 Å². The molecule has 0 spiro atoms. The molecule has 1 aliphatic heterocycles. The highest BCUT2D eigenvalue weighted by Crippen LogP contribution is 2.53. The second-order valence-electron chi connectivity index (χ2n) is 11.0. The highest BCUT2D eigenvalue weighted by molar-refractivity contribution is 6.08. The zero-order chi connectivity index (χ0) is 27.6. The number of nitrogens with one attached hydrogen (secondary N) is 1. The Hall–Kier alpha value is -5.23. The van der Waals surface area contributed by atoms with Gasteiger partial charge in [0, 0.05) is 22.7 Å². The number of fused-ring (bicyclic) bond motifs is 5. The lowest BCUT2D eigenvalue weighted by Crippen LogP contribution is -2.15. The monoisotopic (exact) mass is 534 g/mol. The fraction of sp³-hybridized carbons (Fsp3) is 0.114. The molecule has 6 heteroatoms. The van der Waals surface area contributed by atoms with Crippen LogP contribution in [0.3, 0.4) is 0 Å². The summed E-state index contributed by atoms with van der Waals surface area (Å²) in [6, 6.07) is 29.8. The van der Waals surface area contributed by atoms with E-state index in [0.717, 1.165) is 33.9 Å². The molecule has 0 bridgehead atoms. The lowest BCUT2D eigenvalue weighted by atomic mass is 9.80. The molecule has 41 heavy (non-hydrogen) atoms. The first-order chi connectivity index (χ1) is 20.1. The van der Waals surface area contributed by atoms with Crippen molar-refractivity contribution >= 4 is 10.8 Å². The van der Waals surface area contributed by atoms with Crippen LogP contribution in [0.1, 0.15) is 36.9 Å². The fourth-order valence-electron chi connectivity index (χ4n) is 6.21. The van der Waals surface area contributed by atoms with Crippen molar-refractivity contribution in [2.24, 2.45) is 0 Å². The van der Waals surface area contributed by atoms with Gasteiger partial charge >= 0.3 is 0 Å². The molecule has 1 unspecified atom stereocenters. The highest BCUT2D eigenvalue weighted by Gasteiger charge is 2.37. The predicted molar refractivity (Wildman–Crippen MR) is 160 cm³/mol. The van der Waals surface area contributed by atoms with E-state index in [2.05, 4.69) is 84.8 Å². The Labute approximate surface area is 237 Å². The molecule has 1 atom stereocenters. The lowest BCUT2D eigenvalue weighted by molar-refractivity contribution is 0.150. The summed E-state index contributed by atoms with van der Waals surface area (Å²) in [5.74, 6) is 0.518. The summed E-state index contributed by atoms with van der Waals surface area (Å²) in [7, 11) is 0. The quantitative estimate of drug-likeness (QED) is 0.247. The summed E-state index contributed by atoms with van der Waals surface area (Å²) >= 11 is 0. The molecular weight excluding hydrogens is 508 g/mol. The molecule has 0 saturated heterocycles. The van der Waals surface area contributed by atoms with Crippen molar-refractivity contribution in [3.05, 3.63) is 127 Å². The first-order valence-corrected chi connectivity index (χ1v) is 13.7. The highest BCUT2D eigenvalue weighted by atomic mass is 16.5. The van der Waals surface area contributed by atoms with Crippen molar-refractivity contribution in [1.29, 1.82) is 0 Å². The number of aromatic nitrogens is 3. The Morgan fingerprint density at radius 1 is 0.756 bits per heavy atom. The van der Waals surface area contributed by atoms with Crippen LogP contribution in [-0.2, 0) is 10.2 Å². The van der Waals surface area contributed by atoms with Crippen LogP contribution < -0.4 is 5.32 Å². The molecule has 4 heterocycles. The SMILES string of the molecule is CC1(C)c2cc(-c3cccc(-c4ncco4)n3)ccc2-c2c1cc(-c1cccc(C3NC=CO3)n1)c1ccccc21. The topological polar surface area (TPSA) is 73.1 Å². The van der Waals surface area contributed by atoms with Gasteiger partial charge in [-0.3, -0.25) is 0 Å². The van der Waals surface area contributed by atoms with Crippen molar-refractivity contribution in [3.63, 3.8) is 0 Å². The maximum absolute atomic E-state index is 5.67. The predicted octanol–water partition coefficient (Wildman–Crippen LogP) is 8.01. The third-order valence-corrected chi connectivity index (χ3v) is 8.22. The molecule has 2 aliphatic rings. The van der Waals surface area contributed by atoms with E-state index in [1.165, 1.54) is 33.0 Å². The number of hydrogen-bond acceptors (Lipinski definition) is 6. The Morgan fingerprint density at radius 2 is 1.59 bits per heavy atom. The molecule has 6 aromatic rings. The van der Waals surface area contributed by atoms with Crippen LogP contribution in [0, 0.1) is 0 Å². The van der Waals surface area contributed by atoms with E-state index < -0.39 is 0 Å². The first-order valence-electron chi connectivity index (χ1n) is 13.7. The zero-order valence-corrected chi connectivity index (χ0v) is 22.6. The van der Waals surface area contributed by atoms with Crippen molar-refractivity contribution < 1.29 is 9.15 Å². The molecule has 6 nitrogen and oxygen atoms in total. The van der Waals surface area contributed by atoms with Gasteiger partial charge in [-0.15, -0.1) is 0 Å². The van der Waals surface area contributed by atoms with Crippen molar-refractivity contribution in [2.45, 2.75) is 25.5 Å². The number of ether oxygens (including phenoxy) is 1. The summed E-state index contributed by atoms with van der Waals surface area (Å²) in [5, 5.41) is 5.62. The van der Waals surface area contributed by atoms with Crippen LogP contribution in [0.5, 0.6) is 0 Å². The van der Waals surface area contributed by atoms with E-state index in [1.54, 1.807) is 24.9 Å². The molecule has 0 amide bonds. The van der Waals surface area contributed by atoms with Gasteiger partial charge in [0.1, 0.15) is 23.9 Å². The molecule has 8 rings (SSSR count). The van der Waals surface area contributed by atoms with E-state index in [0.29, 0.717) is 5.89 Å². The molecule has 0 saturated carbocycles. The second-order valence-corrected chi connectivity index (χ2v) is 11.0. The van der Waals surface area contributed by atoms with Gasteiger partial charge in [0.2, 0.25) is 12.1 Å². The van der Waals surface area contributed by atoms with Gasteiger partial charge in [-0.05, 0) is 69.4 Å². The first kappa shape index (κ1) is 23.6. The van der Waals surface area contributed by atoms with Crippen molar-refractivity contribution in [3.8, 4) is 45.2 Å². The van der Waals surface area contributed by atoms with Crippen molar-refractivity contribution in [1.82, 2.24) is 20.3 Å². The molecule has 3 aromatic carbocycles. The van der Waals surface area contributed by atoms with E-state index in [1.807, 2.05) is 24.3 Å². The summed E-state index contributed by atoms with van der Waals surface area (Å²) < 4.78 is 11.2. The van der Waals surface area contributed by atoms with Crippen LogP contribution in [0.15, 0.2) is 114 Å². The molecule has 1 aliphatic carbocycles. The van der Waals surface area contributed by atoms with Gasteiger partial charge < -0.3 is 14.5 Å². The summed E-state index contributed by atoms with van der Waals surface area (Å²) in [6.07, 6.45) is 6.40. The van der Waals surface area contributed by atoms with E-state index in [9.17, 15) is 0 Å². The Bertz CT molecular complexity index is 1980. The number of benzene rings is 3. The van der Waals surface area contributed by atoms with Gasteiger partial charge in [-0.2, -0.15) is 0 Å². The van der Waals surface area contributed by atoms with Gasteiger partial charge in [-0.25, -0.2) is 15.0 Å². The van der Waals surface area contributed by atoms with E-state index in [4.69, 9.17) is 19.1 Å². The fourth-order valence-corrected chi connectivity index (χ4v) is 6.21. The van der Waals surface area contributed by atoms with Gasteiger partial charge in [0.15, 0.2) is 0 Å². The van der Waals surface area contributed by atoms with Gasteiger partial charge in [0.05, 0.1) is 17.6 Å². The zero-order valence-electron chi connectivity index (χ0n) is 22.6. The number of nitrogens with zero attached hydrogens (tertiary/aromatic N) is 3. The number of pyridine rings is 2. The minimum atomic E-state index is -0.273. The Balaban J connectivity index is 1.28. The van der Waals surface area contributed by atoms with Crippen LogP contribution in [-0.4, -0.2) is 15.0 Å². The largest absolute Gasteiger partial charge is 0.471 e. The third kappa shape index (κ3) is 3.68. The minimum absolute atomic E-state index is 0.225. The molecule has 198 valence electrons. The summed E-state index contributed by atoms with van der Waals surface area (Å²) in [4.78, 5) is 14.2. The lowest BCUT2D eigenvalue weighted by Gasteiger charge is -2.23. The maximum Gasteiger partial charge on any atom is 0.245 e. The molecule has 0 fully saturated rings. The molecule has 1 N–H and O–H groups in total. The van der Waals surface area contributed by atoms with Crippen molar-refractivity contribution in [2.75, 3.05) is 0 Å². The minimum Gasteiger partial charge on any atom is -0.471 e. The van der Waals surface area contributed by atoms with Gasteiger partial charge in [0.25, 0.3) is 0 Å². The van der Waals surface area contributed by atoms with Crippen LogP contribution >= 0.6 is 0 Å². The number of hydrogen-bond donors (Lipinski definition) is 1. The van der Waals surface area contributed by atoms with Crippen LogP contribution in [0.4, 0.5) is 0 Å². The molecule has 3 aromatic heterocycles. The standard InChI is InChI=1S/C35H26N4O2/c1-35(2)26-19-21(28-9-5-11-30(38-28)33-36-15-17-40-33)13-14-24(26)32-23-8-4-3-7-22(23)25(20-27(32)35)29-10-6-12-31(39-29)34-37-16-18-41-34/h3-20,34,37H,1-2H3. The normalized spacial score (nSPS) is 16.3. The number of rotatable bonds is 4. The average Bonchev–Trinajstić information content (AvgIpc) is 3.79. The Kier molecular flexibility index (Phi) is 5.13. The maximum atomic E-state index is 5.67. The Morgan fingerprint density at radius 3 is 2.41 bits per heavy atom. The summed E-state index contributed by atoms with van der Waals surface area (Å²) in [5.41, 5.74) is 10.5. The van der Waals surface area contributed by atoms with Gasteiger partial charge in [-0.1, -0.05) is 62.4 Å². The molecular formula is C35H26N4O2. The smallest absolute Gasteiger partial charge is 0.245 e.